The highest BCUT2D eigenvalue weighted by Gasteiger charge is 2.28. The fourth-order valence-electron chi connectivity index (χ4n) is 2.46. The monoisotopic (exact) mass is 395 g/mol. The van der Waals surface area contributed by atoms with E-state index in [2.05, 4.69) is 46.1 Å². The Morgan fingerprint density at radius 2 is 1.86 bits per heavy atom. The summed E-state index contributed by atoms with van der Waals surface area (Å²) < 4.78 is 13.3. The Bertz CT molecular complexity index is 570. The molecule has 0 spiro atoms. The molecule has 4 heteroatoms. The van der Waals surface area contributed by atoms with Crippen LogP contribution in [0.3, 0.4) is 0 Å². The molecule has 21 heavy (non-hydrogen) atoms. The molecule has 0 aliphatic carbocycles. The summed E-state index contributed by atoms with van der Waals surface area (Å²) in [5.74, 6) is 0.904. The Morgan fingerprint density at radius 3 is 2.57 bits per heavy atom. The number of para-hydroxylation sites is 1. The van der Waals surface area contributed by atoms with E-state index in [1.807, 2.05) is 36.4 Å². The van der Waals surface area contributed by atoms with Gasteiger partial charge in [-0.05, 0) is 40.3 Å². The van der Waals surface area contributed by atoms with Gasteiger partial charge in [0.2, 0.25) is 0 Å². The van der Waals surface area contributed by atoms with Gasteiger partial charge in [0, 0.05) is 13.1 Å². The molecule has 110 valence electrons. The average molecular weight is 395 g/mol. The zero-order chi connectivity index (χ0) is 14.5. The van der Waals surface area contributed by atoms with E-state index in [-0.39, 0.29) is 12.2 Å². The molecular formula is C17H18INO2. The van der Waals surface area contributed by atoms with E-state index in [1.165, 1.54) is 0 Å². The van der Waals surface area contributed by atoms with Crippen LogP contribution in [0.2, 0.25) is 0 Å². The molecule has 0 saturated carbocycles. The average Bonchev–Trinajstić information content (AvgIpc) is 2.56. The Kier molecular flexibility index (Phi) is 5.11. The predicted molar refractivity (Wildman–Crippen MR) is 91.6 cm³/mol. The molecule has 1 aliphatic rings. The van der Waals surface area contributed by atoms with Crippen molar-refractivity contribution in [3.63, 3.8) is 0 Å². The van der Waals surface area contributed by atoms with Crippen LogP contribution >= 0.6 is 22.6 Å². The lowest BCUT2D eigenvalue weighted by molar-refractivity contribution is -0.0435. The van der Waals surface area contributed by atoms with E-state index in [0.717, 1.165) is 34.6 Å². The Labute approximate surface area is 138 Å². The molecule has 2 atom stereocenters. The fraction of sp³-hybridized carbons (Fsp3) is 0.294. The van der Waals surface area contributed by atoms with E-state index in [0.29, 0.717) is 0 Å². The number of halogens is 1. The van der Waals surface area contributed by atoms with Gasteiger partial charge in [0.25, 0.3) is 0 Å². The summed E-state index contributed by atoms with van der Waals surface area (Å²) in [6, 6.07) is 18.4. The second kappa shape index (κ2) is 7.24. The van der Waals surface area contributed by atoms with E-state index in [4.69, 9.17) is 9.47 Å². The van der Waals surface area contributed by atoms with Crippen LogP contribution in [-0.4, -0.2) is 25.8 Å². The summed E-state index contributed by atoms with van der Waals surface area (Å²) in [6.45, 7) is 2.44. The van der Waals surface area contributed by atoms with Crippen molar-refractivity contribution in [2.24, 2.45) is 0 Å². The van der Waals surface area contributed by atoms with Gasteiger partial charge in [0.05, 0.1) is 10.2 Å². The largest absolute Gasteiger partial charge is 0.482 e. The molecule has 0 amide bonds. The number of benzene rings is 2. The van der Waals surface area contributed by atoms with Crippen LogP contribution in [0.15, 0.2) is 54.6 Å². The molecule has 3 nitrogen and oxygen atoms in total. The van der Waals surface area contributed by atoms with Crippen molar-refractivity contribution in [1.82, 2.24) is 5.32 Å². The molecule has 2 aromatic rings. The lowest BCUT2D eigenvalue weighted by Gasteiger charge is -2.31. The van der Waals surface area contributed by atoms with Crippen molar-refractivity contribution in [2.45, 2.75) is 12.2 Å². The van der Waals surface area contributed by atoms with Crippen molar-refractivity contribution >= 4 is 22.6 Å². The van der Waals surface area contributed by atoms with Crippen molar-refractivity contribution < 1.29 is 9.47 Å². The number of ether oxygens (including phenoxy) is 2. The highest BCUT2D eigenvalue weighted by molar-refractivity contribution is 14.1. The van der Waals surface area contributed by atoms with E-state index in [1.54, 1.807) is 0 Å². The van der Waals surface area contributed by atoms with Crippen LogP contribution in [0.1, 0.15) is 11.7 Å². The van der Waals surface area contributed by atoms with Crippen LogP contribution in [0.5, 0.6) is 5.75 Å². The second-order valence-electron chi connectivity index (χ2n) is 4.99. The van der Waals surface area contributed by atoms with Crippen molar-refractivity contribution in [2.75, 3.05) is 19.7 Å². The van der Waals surface area contributed by atoms with Gasteiger partial charge in [0.15, 0.2) is 6.10 Å². The van der Waals surface area contributed by atoms with Gasteiger partial charge >= 0.3 is 0 Å². The highest BCUT2D eigenvalue weighted by Crippen LogP contribution is 2.30. The number of hydrogen-bond donors (Lipinski definition) is 1. The molecule has 1 N–H and O–H groups in total. The number of rotatable bonds is 4. The van der Waals surface area contributed by atoms with Gasteiger partial charge in [-0.1, -0.05) is 42.5 Å². The first kappa shape index (κ1) is 14.8. The minimum Gasteiger partial charge on any atom is -0.482 e. The smallest absolute Gasteiger partial charge is 0.151 e. The van der Waals surface area contributed by atoms with Gasteiger partial charge < -0.3 is 14.8 Å². The minimum atomic E-state index is -0.102. The zero-order valence-electron chi connectivity index (χ0n) is 11.7. The third kappa shape index (κ3) is 3.75. The summed E-state index contributed by atoms with van der Waals surface area (Å²) in [5, 5.41) is 3.38. The Hall–Kier alpha value is -1.11. The Balaban J connectivity index is 1.87. The van der Waals surface area contributed by atoms with Crippen molar-refractivity contribution in [3.05, 3.63) is 63.7 Å². The van der Waals surface area contributed by atoms with Crippen LogP contribution < -0.4 is 10.1 Å². The molecule has 0 aromatic heterocycles. The second-order valence-corrected chi connectivity index (χ2v) is 6.16. The van der Waals surface area contributed by atoms with Gasteiger partial charge in [0.1, 0.15) is 11.9 Å². The number of nitrogens with one attached hydrogen (secondary N) is 1. The summed E-state index contributed by atoms with van der Waals surface area (Å²) in [5.41, 5.74) is 1.14. The van der Waals surface area contributed by atoms with E-state index >= 15 is 0 Å². The SMILES string of the molecule is Ic1ccccc1OC(c1ccccc1)[C@@H]1CNCCO1. The number of morpholine rings is 1. The van der Waals surface area contributed by atoms with Crippen LogP contribution in [0.25, 0.3) is 0 Å². The summed E-state index contributed by atoms with van der Waals surface area (Å²) in [7, 11) is 0. The predicted octanol–water partition coefficient (Wildman–Crippen LogP) is 3.40. The van der Waals surface area contributed by atoms with Crippen LogP contribution in [-0.2, 0) is 4.74 Å². The zero-order valence-corrected chi connectivity index (χ0v) is 13.8. The first-order chi connectivity index (χ1) is 10.3. The molecule has 1 heterocycles. The van der Waals surface area contributed by atoms with Crippen LogP contribution in [0.4, 0.5) is 0 Å². The fourth-order valence-corrected chi connectivity index (χ4v) is 2.97. The lowest BCUT2D eigenvalue weighted by atomic mass is 10.0. The highest BCUT2D eigenvalue weighted by atomic mass is 127. The molecule has 0 radical (unpaired) electrons. The molecule has 1 aliphatic heterocycles. The molecule has 1 unspecified atom stereocenters. The summed E-state index contributed by atoms with van der Waals surface area (Å²) >= 11 is 2.30. The molecular weight excluding hydrogens is 377 g/mol. The Morgan fingerprint density at radius 1 is 1.10 bits per heavy atom. The van der Waals surface area contributed by atoms with Crippen molar-refractivity contribution in [1.29, 1.82) is 0 Å². The van der Waals surface area contributed by atoms with E-state index < -0.39 is 0 Å². The molecule has 2 aromatic carbocycles. The lowest BCUT2D eigenvalue weighted by Crippen LogP contribution is -2.43. The molecule has 1 fully saturated rings. The molecule has 3 rings (SSSR count). The molecule has 1 saturated heterocycles. The third-order valence-corrected chi connectivity index (χ3v) is 4.40. The minimum absolute atomic E-state index is 0.0251. The number of hydrogen-bond acceptors (Lipinski definition) is 3. The maximum atomic E-state index is 6.30. The topological polar surface area (TPSA) is 30.5 Å². The first-order valence-electron chi connectivity index (χ1n) is 7.13. The molecule has 0 bridgehead atoms. The van der Waals surface area contributed by atoms with E-state index in [9.17, 15) is 0 Å². The van der Waals surface area contributed by atoms with Gasteiger partial charge in [-0.2, -0.15) is 0 Å². The van der Waals surface area contributed by atoms with Crippen LogP contribution in [0, 0.1) is 3.57 Å². The quantitative estimate of drug-likeness (QED) is 0.806. The summed E-state index contributed by atoms with van der Waals surface area (Å²) in [6.07, 6.45) is -0.0768. The van der Waals surface area contributed by atoms with Crippen molar-refractivity contribution in [3.8, 4) is 5.75 Å². The standard InChI is InChI=1S/C17H18INO2/c18-14-8-4-5-9-15(14)21-17(13-6-2-1-3-7-13)16-12-19-10-11-20-16/h1-9,16-17,19H,10-12H2/t16-,17?/m0/s1. The third-order valence-electron chi connectivity index (χ3n) is 3.51. The maximum Gasteiger partial charge on any atom is 0.151 e. The van der Waals surface area contributed by atoms with Gasteiger partial charge in [-0.15, -0.1) is 0 Å². The van der Waals surface area contributed by atoms with Gasteiger partial charge in [-0.25, -0.2) is 0 Å². The summed E-state index contributed by atoms with van der Waals surface area (Å²) in [4.78, 5) is 0. The first-order valence-corrected chi connectivity index (χ1v) is 8.21. The van der Waals surface area contributed by atoms with Gasteiger partial charge in [-0.3, -0.25) is 0 Å². The maximum absolute atomic E-state index is 6.30. The normalized spacial score (nSPS) is 20.0.